The highest BCUT2D eigenvalue weighted by molar-refractivity contribution is 8.00. The Hall–Kier alpha value is -3.62. The number of hydrogen-bond donors (Lipinski definition) is 2. The van der Waals surface area contributed by atoms with Gasteiger partial charge in [0.1, 0.15) is 5.00 Å². The van der Waals surface area contributed by atoms with Crippen molar-refractivity contribution in [3.05, 3.63) is 88.3 Å². The van der Waals surface area contributed by atoms with Crippen LogP contribution in [0.3, 0.4) is 0 Å². The molecular formula is C34H36N2O4S2. The number of benzene rings is 3. The highest BCUT2D eigenvalue weighted by atomic mass is 32.2. The molecule has 3 aromatic carbocycles. The molecule has 1 aromatic heterocycles. The number of anilines is 2. The minimum Gasteiger partial charge on any atom is -0.465 e. The van der Waals surface area contributed by atoms with Crippen molar-refractivity contribution in [2.75, 3.05) is 17.7 Å². The van der Waals surface area contributed by atoms with Crippen LogP contribution in [-0.2, 0) is 22.4 Å². The van der Waals surface area contributed by atoms with Crippen molar-refractivity contribution in [2.24, 2.45) is 11.3 Å². The van der Waals surface area contributed by atoms with Gasteiger partial charge in [0.2, 0.25) is 5.91 Å². The van der Waals surface area contributed by atoms with Crippen LogP contribution in [0.15, 0.2) is 71.6 Å². The summed E-state index contributed by atoms with van der Waals surface area (Å²) in [5.41, 5.74) is 2.91. The SMILES string of the molecule is COC(=O)c1c(NC(=O)C(C)Sc2cccc(NC(=O)c3ccc4ccccc4c3)c2)sc2c1CCC(C(C)(C)C)C2. The zero-order valence-electron chi connectivity index (χ0n) is 24.6. The van der Waals surface area contributed by atoms with Crippen molar-refractivity contribution in [3.63, 3.8) is 0 Å². The Morgan fingerprint density at radius 3 is 2.48 bits per heavy atom. The van der Waals surface area contributed by atoms with Gasteiger partial charge < -0.3 is 15.4 Å². The molecule has 218 valence electrons. The van der Waals surface area contributed by atoms with Crippen molar-refractivity contribution < 1.29 is 19.1 Å². The molecule has 0 fully saturated rings. The number of rotatable bonds is 7. The average molecular weight is 601 g/mol. The number of esters is 1. The molecule has 0 saturated heterocycles. The van der Waals surface area contributed by atoms with Gasteiger partial charge in [0.25, 0.3) is 5.91 Å². The molecule has 2 amide bonds. The van der Waals surface area contributed by atoms with Crippen molar-refractivity contribution in [2.45, 2.75) is 57.1 Å². The van der Waals surface area contributed by atoms with E-state index in [0.29, 0.717) is 27.7 Å². The molecule has 1 aliphatic carbocycles. The fraction of sp³-hybridized carbons (Fsp3) is 0.324. The largest absolute Gasteiger partial charge is 0.465 e. The molecule has 4 aromatic rings. The summed E-state index contributed by atoms with van der Waals surface area (Å²) in [6.45, 7) is 8.59. The normalized spacial score (nSPS) is 15.5. The maximum Gasteiger partial charge on any atom is 0.341 e. The third-order valence-corrected chi connectivity index (χ3v) is 10.2. The molecule has 2 unspecified atom stereocenters. The highest BCUT2D eigenvalue weighted by Crippen LogP contribution is 2.44. The summed E-state index contributed by atoms with van der Waals surface area (Å²) >= 11 is 2.89. The van der Waals surface area contributed by atoms with Gasteiger partial charge >= 0.3 is 5.97 Å². The van der Waals surface area contributed by atoms with Gasteiger partial charge in [-0.1, -0.05) is 57.2 Å². The van der Waals surface area contributed by atoms with Gasteiger partial charge in [0.05, 0.1) is 17.9 Å². The Morgan fingerprint density at radius 1 is 0.976 bits per heavy atom. The van der Waals surface area contributed by atoms with Crippen molar-refractivity contribution >= 4 is 62.3 Å². The number of thioether (sulfide) groups is 1. The summed E-state index contributed by atoms with van der Waals surface area (Å²) in [6.07, 6.45) is 2.70. The van der Waals surface area contributed by atoms with Crippen LogP contribution in [0.25, 0.3) is 10.8 Å². The van der Waals surface area contributed by atoms with Gasteiger partial charge in [0.15, 0.2) is 0 Å². The predicted molar refractivity (Wildman–Crippen MR) is 173 cm³/mol. The van der Waals surface area contributed by atoms with Crippen molar-refractivity contribution in [1.82, 2.24) is 0 Å². The Balaban J connectivity index is 1.27. The number of fused-ring (bicyclic) bond motifs is 2. The lowest BCUT2D eigenvalue weighted by atomic mass is 9.72. The standard InChI is InChI=1S/C34H36N2O4S2/c1-20(30(37)36-32-29(33(39)40-5)27-16-15-24(34(2,3)4)18-28(27)42-32)41-26-12-8-11-25(19-26)35-31(38)23-14-13-21-9-6-7-10-22(21)17-23/h6-14,17,19-20,24H,15-16,18H2,1-5H3,(H,35,38)(H,36,37). The topological polar surface area (TPSA) is 84.5 Å². The fourth-order valence-electron chi connectivity index (χ4n) is 5.38. The lowest BCUT2D eigenvalue weighted by Gasteiger charge is -2.33. The van der Waals surface area contributed by atoms with Gasteiger partial charge in [-0.3, -0.25) is 9.59 Å². The predicted octanol–water partition coefficient (Wildman–Crippen LogP) is 8.21. The van der Waals surface area contributed by atoms with Crippen LogP contribution in [0.2, 0.25) is 0 Å². The molecule has 1 heterocycles. The summed E-state index contributed by atoms with van der Waals surface area (Å²) in [5.74, 6) is -0.283. The minimum absolute atomic E-state index is 0.172. The van der Waals surface area contributed by atoms with E-state index in [9.17, 15) is 14.4 Å². The average Bonchev–Trinajstić information content (AvgIpc) is 3.33. The van der Waals surface area contributed by atoms with Gasteiger partial charge in [-0.05, 0) is 84.2 Å². The van der Waals surface area contributed by atoms with Crippen LogP contribution in [0.1, 0.15) is 65.3 Å². The van der Waals surface area contributed by atoms with Crippen molar-refractivity contribution in [1.29, 1.82) is 0 Å². The maximum absolute atomic E-state index is 13.3. The van der Waals surface area contributed by atoms with Gasteiger partial charge in [-0.15, -0.1) is 23.1 Å². The van der Waals surface area contributed by atoms with E-state index in [2.05, 4.69) is 31.4 Å². The van der Waals surface area contributed by atoms with E-state index in [-0.39, 0.29) is 17.2 Å². The monoisotopic (exact) mass is 600 g/mol. The molecule has 0 radical (unpaired) electrons. The van der Waals surface area contributed by atoms with Crippen LogP contribution in [0.4, 0.5) is 10.7 Å². The lowest BCUT2D eigenvalue weighted by molar-refractivity contribution is -0.115. The maximum atomic E-state index is 13.3. The smallest absolute Gasteiger partial charge is 0.341 e. The number of amides is 2. The molecule has 1 aliphatic rings. The van der Waals surface area contributed by atoms with Crippen LogP contribution < -0.4 is 10.6 Å². The number of methoxy groups -OCH3 is 1. The highest BCUT2D eigenvalue weighted by Gasteiger charge is 2.34. The molecule has 0 aliphatic heterocycles. The Morgan fingerprint density at radius 2 is 1.74 bits per heavy atom. The van der Waals surface area contributed by atoms with E-state index >= 15 is 0 Å². The van der Waals surface area contributed by atoms with E-state index in [0.717, 1.165) is 45.4 Å². The van der Waals surface area contributed by atoms with E-state index in [1.807, 2.05) is 73.7 Å². The second-order valence-electron chi connectivity index (χ2n) is 11.8. The number of nitrogens with one attached hydrogen (secondary N) is 2. The van der Waals surface area contributed by atoms with E-state index in [1.165, 1.54) is 30.2 Å². The molecule has 6 nitrogen and oxygen atoms in total. The zero-order chi connectivity index (χ0) is 30.0. The third-order valence-electron chi connectivity index (χ3n) is 7.90. The first kappa shape index (κ1) is 29.9. The summed E-state index contributed by atoms with van der Waals surface area (Å²) in [4.78, 5) is 41.1. The molecule has 0 spiro atoms. The minimum atomic E-state index is -0.441. The summed E-state index contributed by atoms with van der Waals surface area (Å²) in [6, 6.07) is 21.0. The summed E-state index contributed by atoms with van der Waals surface area (Å²) < 4.78 is 5.11. The molecule has 42 heavy (non-hydrogen) atoms. The summed E-state index contributed by atoms with van der Waals surface area (Å²) in [5, 5.41) is 8.21. The van der Waals surface area contributed by atoms with Crippen LogP contribution >= 0.6 is 23.1 Å². The summed E-state index contributed by atoms with van der Waals surface area (Å²) in [7, 11) is 1.38. The van der Waals surface area contributed by atoms with E-state index < -0.39 is 11.2 Å². The first-order valence-corrected chi connectivity index (χ1v) is 15.8. The quantitative estimate of drug-likeness (QED) is 0.165. The molecule has 2 N–H and O–H groups in total. The molecular weight excluding hydrogens is 565 g/mol. The molecule has 5 rings (SSSR count). The Labute approximate surface area is 255 Å². The second-order valence-corrected chi connectivity index (χ2v) is 14.3. The second kappa shape index (κ2) is 12.3. The lowest BCUT2D eigenvalue weighted by Crippen LogP contribution is -2.26. The number of thiophene rings is 1. The first-order chi connectivity index (χ1) is 20.0. The Kier molecular flexibility index (Phi) is 8.76. The fourth-order valence-corrected chi connectivity index (χ4v) is 7.63. The molecule has 8 heteroatoms. The van der Waals surface area contributed by atoms with E-state index in [4.69, 9.17) is 4.74 Å². The van der Waals surface area contributed by atoms with Crippen LogP contribution in [0.5, 0.6) is 0 Å². The van der Waals surface area contributed by atoms with E-state index in [1.54, 1.807) is 0 Å². The van der Waals surface area contributed by atoms with Crippen LogP contribution in [-0.4, -0.2) is 30.1 Å². The number of hydrogen-bond acceptors (Lipinski definition) is 6. The molecule has 0 bridgehead atoms. The van der Waals surface area contributed by atoms with Gasteiger partial charge in [-0.25, -0.2) is 4.79 Å². The number of ether oxygens (including phenoxy) is 1. The van der Waals surface area contributed by atoms with Gasteiger partial charge in [0, 0.05) is 21.0 Å². The first-order valence-electron chi connectivity index (χ1n) is 14.1. The van der Waals surface area contributed by atoms with Crippen LogP contribution in [0, 0.1) is 11.3 Å². The number of carbonyl (C=O) groups is 3. The Bertz CT molecular complexity index is 1650. The molecule has 0 saturated carbocycles. The molecule has 2 atom stereocenters. The number of carbonyl (C=O) groups excluding carboxylic acids is 3. The zero-order valence-corrected chi connectivity index (χ0v) is 26.2. The third kappa shape index (κ3) is 6.55. The van der Waals surface area contributed by atoms with Gasteiger partial charge in [-0.2, -0.15) is 0 Å². The van der Waals surface area contributed by atoms with Crippen molar-refractivity contribution in [3.8, 4) is 0 Å².